The minimum atomic E-state index is -0.0855. The summed E-state index contributed by atoms with van der Waals surface area (Å²) >= 11 is 3.12. The molecule has 8 bridgehead atoms. The molecule has 0 unspecified atom stereocenters. The Morgan fingerprint density at radius 3 is 1.54 bits per heavy atom. The molecule has 14 heteroatoms. The van der Waals surface area contributed by atoms with Crippen LogP contribution in [-0.4, -0.2) is 56.7 Å². The fourth-order valence-corrected chi connectivity index (χ4v) is 8.30. The third-order valence-electron chi connectivity index (χ3n) is 9.75. The van der Waals surface area contributed by atoms with Gasteiger partial charge >= 0.3 is 17.1 Å². The van der Waals surface area contributed by atoms with Crippen LogP contribution >= 0.6 is 23.5 Å². The van der Waals surface area contributed by atoms with Crippen LogP contribution in [0.1, 0.15) is 71.7 Å². The van der Waals surface area contributed by atoms with Crippen LogP contribution in [0.25, 0.3) is 44.4 Å². The van der Waals surface area contributed by atoms with Crippen molar-refractivity contribution in [3.63, 3.8) is 0 Å². The van der Waals surface area contributed by atoms with Crippen LogP contribution in [0.4, 0.5) is 0 Å². The zero-order chi connectivity index (χ0) is 36.5. The summed E-state index contributed by atoms with van der Waals surface area (Å²) in [6, 6.07) is 8.00. The molecule has 7 rings (SSSR count). The molecule has 0 aromatic carbocycles. The number of halogens is 1. The van der Waals surface area contributed by atoms with Crippen molar-refractivity contribution in [1.29, 1.82) is 0 Å². The summed E-state index contributed by atoms with van der Waals surface area (Å²) in [7, 11) is 0. The van der Waals surface area contributed by atoms with Crippen molar-refractivity contribution in [3.8, 4) is 0 Å². The molecule has 54 heavy (non-hydrogen) atoms. The topological polar surface area (TPSA) is 137 Å². The van der Waals surface area contributed by atoms with E-state index in [4.69, 9.17) is 19.9 Å². The van der Waals surface area contributed by atoms with Crippen molar-refractivity contribution >= 4 is 90.0 Å². The van der Waals surface area contributed by atoms with Crippen LogP contribution < -0.4 is 33.0 Å². The summed E-state index contributed by atoms with van der Waals surface area (Å²) in [6.45, 7) is 17.8. The maximum atomic E-state index is 13.0. The van der Waals surface area contributed by atoms with Gasteiger partial charge < -0.3 is 33.0 Å². The number of carbonyl (C=O) groups excluding carboxylic acids is 2. The maximum absolute atomic E-state index is 13.0. The van der Waals surface area contributed by atoms with Crippen LogP contribution in [0.5, 0.6) is 0 Å². The summed E-state index contributed by atoms with van der Waals surface area (Å²) in [4.78, 5) is 55.2. The molecule has 279 valence electrons. The molecule has 0 spiro atoms. The number of fused-ring (bicyclic) bond motifs is 8. The molecule has 0 fully saturated rings. The number of nitrogens with one attached hydrogen (secondary N) is 2. The van der Waals surface area contributed by atoms with E-state index in [1.807, 2.05) is 64.1 Å². The van der Waals surface area contributed by atoms with Gasteiger partial charge in [0.2, 0.25) is 11.8 Å². The van der Waals surface area contributed by atoms with Gasteiger partial charge in [0.05, 0.1) is 35.9 Å². The van der Waals surface area contributed by atoms with Crippen LogP contribution in [0, 0.1) is 13.8 Å². The summed E-state index contributed by atoms with van der Waals surface area (Å²) < 4.78 is 0. The second-order valence-corrected chi connectivity index (χ2v) is 15.1. The van der Waals surface area contributed by atoms with Crippen LogP contribution in [-0.2, 0) is 39.5 Å². The van der Waals surface area contributed by atoms with E-state index in [9.17, 15) is 9.59 Å². The van der Waals surface area contributed by atoms with Gasteiger partial charge in [-0.25, -0.2) is 9.97 Å². The molecule has 0 atom stereocenters. The third kappa shape index (κ3) is 8.40. The molecule has 0 saturated heterocycles. The average Bonchev–Trinajstić information content (AvgIpc) is 3.97. The molecule has 2 amide bonds. The first-order valence-electron chi connectivity index (χ1n) is 17.4. The predicted molar refractivity (Wildman–Crippen MR) is 216 cm³/mol. The van der Waals surface area contributed by atoms with Gasteiger partial charge in [0.15, 0.2) is 10.3 Å². The first-order valence-corrected chi connectivity index (χ1v) is 19.4. The number of aryl methyl sites for hydroxylation is 4. The Kier molecular flexibility index (Phi) is 13.3. The van der Waals surface area contributed by atoms with Gasteiger partial charge in [-0.15, -0.1) is 22.1 Å². The predicted octanol–water partition coefficient (Wildman–Crippen LogP) is 3.73. The van der Waals surface area contributed by atoms with Crippen molar-refractivity contribution in [2.45, 2.75) is 53.4 Å². The van der Waals surface area contributed by atoms with Crippen molar-refractivity contribution in [3.05, 3.63) is 94.6 Å². The van der Waals surface area contributed by atoms with Crippen molar-refractivity contribution < 1.29 is 39.1 Å². The van der Waals surface area contributed by atoms with Crippen molar-refractivity contribution in [2.24, 2.45) is 9.98 Å². The largest absolute Gasteiger partial charge is 3.00 e. The molecule has 10 nitrogen and oxygen atoms in total. The molecule has 4 aliphatic rings. The number of aromatic nitrogens is 4. The fourth-order valence-electron chi connectivity index (χ4n) is 6.81. The van der Waals surface area contributed by atoms with Crippen LogP contribution in [0.3, 0.4) is 0 Å². The van der Waals surface area contributed by atoms with Gasteiger partial charge in [0.1, 0.15) is 0 Å². The van der Waals surface area contributed by atoms with Crippen molar-refractivity contribution in [1.82, 2.24) is 30.6 Å². The number of hydrogen-bond acceptors (Lipinski definition) is 8. The molecule has 0 saturated carbocycles. The zero-order valence-electron chi connectivity index (χ0n) is 30.6. The average molecular weight is 820 g/mol. The van der Waals surface area contributed by atoms with E-state index in [0.29, 0.717) is 36.3 Å². The maximum Gasteiger partial charge on any atom is 3.00 e. The van der Waals surface area contributed by atoms with E-state index in [2.05, 4.69) is 33.8 Å². The standard InChI is InChI=1S/C40H42N8O2S2.ClH.Fe/c1-7-25-21(3)29-17-30-23(5)27(9-11-37(49)47-39-41-13-15-51-39)35(45-30)20-36-28(10-12-38(50)48-40-42-14-16-52-40)24(6)32(46-36)19-34-26(8-2)22(4)31(44-34)18-33(25)43-29;;/h7-8,17-20H,1-2,9-16H2,3-6H3,(H4,41,42,43,44,45,46,47,48,49,50);1H;/q;;+3/p-3. The number of amidine groups is 2. The van der Waals surface area contributed by atoms with Gasteiger partial charge in [-0.2, -0.15) is 0 Å². The molecule has 7 heterocycles. The molecule has 0 aliphatic carbocycles. The minimum Gasteiger partial charge on any atom is -1.00 e. The number of nitrogens with zero attached hydrogens (tertiary/aromatic N) is 6. The monoisotopic (exact) mass is 819 g/mol. The van der Waals surface area contributed by atoms with Gasteiger partial charge in [-0.05, 0) is 57.7 Å². The first kappa shape index (κ1) is 41.0. The van der Waals surface area contributed by atoms with Crippen LogP contribution in [0.15, 0.2) is 59.6 Å². The molecule has 2 N–H and O–H groups in total. The molecular formula is C40H40ClFeN8O2S2. The summed E-state index contributed by atoms with van der Waals surface area (Å²) in [5.74, 6) is 1.58. The Morgan fingerprint density at radius 2 is 1.11 bits per heavy atom. The minimum absolute atomic E-state index is 0. The van der Waals surface area contributed by atoms with Gasteiger partial charge in [-0.1, -0.05) is 89.3 Å². The van der Waals surface area contributed by atoms with E-state index in [-0.39, 0.29) is 54.1 Å². The van der Waals surface area contributed by atoms with E-state index < -0.39 is 0 Å². The number of allylic oxidation sites excluding steroid dienone is 6. The second-order valence-electron chi connectivity index (χ2n) is 13.0. The zero-order valence-corrected chi connectivity index (χ0v) is 34.1. The third-order valence-corrected chi connectivity index (χ3v) is 11.5. The van der Waals surface area contributed by atoms with Gasteiger partial charge in [-0.3, -0.25) is 19.6 Å². The van der Waals surface area contributed by atoms with E-state index >= 15 is 0 Å². The molecule has 3 aromatic rings. The number of amides is 2. The number of aliphatic imine (C=N–C) groups is 2. The first-order chi connectivity index (χ1) is 25.1. The Balaban J connectivity index is 0.00000280. The summed E-state index contributed by atoms with van der Waals surface area (Å²) in [5, 5.41) is 7.27. The Bertz CT molecular complexity index is 2350. The van der Waals surface area contributed by atoms with Gasteiger partial charge in [0, 0.05) is 35.5 Å². The SMILES string of the molecule is C=CC1=C(C)c2cc3[n-]c(cc4[n-]c(cc5nc(cc1n2)C(C)=C5C=C)c(C)c4CCC(=O)NC1=NCCS1)c(CCC(=O)NC1=NCCS1)c3C.[Cl-].[Fe+3]. The normalized spacial score (nSPS) is 15.0. The smallest absolute Gasteiger partial charge is 1.00 e. The fraction of sp³-hybridized carbons (Fsp3) is 0.300. The van der Waals surface area contributed by atoms with E-state index in [1.54, 1.807) is 23.5 Å². The Hall–Kier alpha value is -4.13. The van der Waals surface area contributed by atoms with E-state index in [1.165, 1.54) is 0 Å². The molecule has 3 aromatic heterocycles. The van der Waals surface area contributed by atoms with Crippen molar-refractivity contribution in [2.75, 3.05) is 24.6 Å². The Morgan fingerprint density at radius 1 is 0.685 bits per heavy atom. The number of rotatable bonds is 8. The Labute approximate surface area is 340 Å². The molecule has 4 aliphatic heterocycles. The van der Waals surface area contributed by atoms with E-state index in [0.717, 1.165) is 101 Å². The number of carbonyl (C=O) groups is 2. The summed E-state index contributed by atoms with van der Waals surface area (Å²) in [5.41, 5.74) is 13.9. The van der Waals surface area contributed by atoms with Gasteiger partial charge in [0.25, 0.3) is 0 Å². The summed E-state index contributed by atoms with van der Waals surface area (Å²) in [6.07, 6.45) is 5.16. The quantitative estimate of drug-likeness (QED) is 0.329. The second kappa shape index (κ2) is 17.6. The number of hydrogen-bond donors (Lipinski definition) is 2. The molecular weight excluding hydrogens is 780 g/mol. The van der Waals surface area contributed by atoms with Crippen LogP contribution in [0.2, 0.25) is 0 Å². The molecule has 1 radical (unpaired) electrons. The number of thioether (sulfide) groups is 2.